The van der Waals surface area contributed by atoms with E-state index < -0.39 is 5.91 Å². The van der Waals surface area contributed by atoms with E-state index in [1.807, 2.05) is 0 Å². The van der Waals surface area contributed by atoms with Crippen LogP contribution in [0.25, 0.3) is 6.08 Å². The van der Waals surface area contributed by atoms with E-state index in [4.69, 9.17) is 16.6 Å². The molecule has 0 saturated heterocycles. The summed E-state index contributed by atoms with van der Waals surface area (Å²) in [6.45, 7) is 0. The molecule has 2 aromatic carbocycles. The van der Waals surface area contributed by atoms with E-state index in [-0.39, 0.29) is 16.9 Å². The predicted octanol–water partition coefficient (Wildman–Crippen LogP) is 3.61. The largest absolute Gasteiger partial charge is 0.465 e. The lowest BCUT2D eigenvalue weighted by Crippen LogP contribution is -2.33. The number of anilines is 2. The molecule has 4 rings (SSSR count). The van der Waals surface area contributed by atoms with Gasteiger partial charge in [-0.2, -0.15) is 0 Å². The molecule has 148 valence electrons. The average molecular weight is 417 g/mol. The maximum absolute atomic E-state index is 12.6. The van der Waals surface area contributed by atoms with Crippen LogP contribution < -0.4 is 15.5 Å². The first kappa shape index (κ1) is 19.3. The Hall–Kier alpha value is -4.04. The summed E-state index contributed by atoms with van der Waals surface area (Å²) >= 11 is 5.16. The first-order chi connectivity index (χ1) is 14.5. The summed E-state index contributed by atoms with van der Waals surface area (Å²) < 4.78 is 5.11. The van der Waals surface area contributed by atoms with E-state index in [1.54, 1.807) is 60.7 Å². The van der Waals surface area contributed by atoms with E-state index in [0.29, 0.717) is 28.3 Å². The Morgan fingerprint density at radius 2 is 1.70 bits per heavy atom. The fourth-order valence-corrected chi connectivity index (χ4v) is 3.22. The molecule has 1 aliphatic heterocycles. The molecule has 3 aromatic rings. The van der Waals surface area contributed by atoms with E-state index in [0.717, 1.165) is 4.90 Å². The smallest absolute Gasteiger partial charge is 0.266 e. The van der Waals surface area contributed by atoms with Gasteiger partial charge in [0.05, 0.1) is 23.1 Å². The van der Waals surface area contributed by atoms with Crippen molar-refractivity contribution in [1.82, 2.24) is 5.32 Å². The van der Waals surface area contributed by atoms with Gasteiger partial charge in [0.15, 0.2) is 5.11 Å². The van der Waals surface area contributed by atoms with Crippen LogP contribution in [-0.2, 0) is 4.79 Å². The van der Waals surface area contributed by atoms with Crippen LogP contribution >= 0.6 is 12.2 Å². The first-order valence-corrected chi connectivity index (χ1v) is 9.35. The van der Waals surface area contributed by atoms with Crippen molar-refractivity contribution in [2.75, 3.05) is 10.2 Å². The summed E-state index contributed by atoms with van der Waals surface area (Å²) in [5.41, 5.74) is 1.65. The zero-order valence-electron chi connectivity index (χ0n) is 15.5. The minimum atomic E-state index is -0.430. The summed E-state index contributed by atoms with van der Waals surface area (Å²) in [6, 6.07) is 16.8. The number of carbonyl (C=O) groups is 3. The maximum atomic E-state index is 12.6. The Morgan fingerprint density at radius 3 is 2.37 bits per heavy atom. The van der Waals surface area contributed by atoms with Gasteiger partial charge in [-0.3, -0.25) is 19.7 Å². The van der Waals surface area contributed by atoms with Crippen molar-refractivity contribution >= 4 is 52.5 Å². The molecule has 1 aliphatic rings. The third-order valence-electron chi connectivity index (χ3n) is 4.34. The molecule has 2 heterocycles. The zero-order chi connectivity index (χ0) is 21.1. The molecule has 3 amide bonds. The molecule has 0 spiro atoms. The highest BCUT2D eigenvalue weighted by atomic mass is 32.1. The van der Waals surface area contributed by atoms with Crippen molar-refractivity contribution in [3.05, 3.63) is 89.9 Å². The first-order valence-electron chi connectivity index (χ1n) is 8.94. The number of hydrogen-bond acceptors (Lipinski definition) is 5. The molecule has 0 saturated carbocycles. The molecule has 0 bridgehead atoms. The molecule has 0 aliphatic carbocycles. The Kier molecular flexibility index (Phi) is 5.23. The SMILES string of the molecule is O=C(C=Cc1ccco1)NC(=S)Nc1cccc(N2C(=O)c3ccccc3C2=O)c1. The van der Waals surface area contributed by atoms with Gasteiger partial charge in [0, 0.05) is 11.8 Å². The van der Waals surface area contributed by atoms with Crippen molar-refractivity contribution in [2.24, 2.45) is 0 Å². The fraction of sp³-hybridized carbons (Fsp3) is 0. The van der Waals surface area contributed by atoms with Gasteiger partial charge >= 0.3 is 0 Å². The number of nitrogens with one attached hydrogen (secondary N) is 2. The molecule has 7 nitrogen and oxygen atoms in total. The zero-order valence-corrected chi connectivity index (χ0v) is 16.3. The van der Waals surface area contributed by atoms with Crippen LogP contribution in [0.15, 0.2) is 77.4 Å². The fourth-order valence-electron chi connectivity index (χ4n) is 3.01. The van der Waals surface area contributed by atoms with Gasteiger partial charge in [-0.1, -0.05) is 18.2 Å². The highest BCUT2D eigenvalue weighted by Gasteiger charge is 2.36. The van der Waals surface area contributed by atoms with Crippen LogP contribution in [0.2, 0.25) is 0 Å². The van der Waals surface area contributed by atoms with Crippen LogP contribution in [0.3, 0.4) is 0 Å². The van der Waals surface area contributed by atoms with Crippen molar-refractivity contribution in [1.29, 1.82) is 0 Å². The van der Waals surface area contributed by atoms with E-state index in [1.165, 1.54) is 18.4 Å². The summed E-state index contributed by atoms with van der Waals surface area (Å²) in [5, 5.41) is 5.46. The third-order valence-corrected chi connectivity index (χ3v) is 4.54. The van der Waals surface area contributed by atoms with Crippen molar-refractivity contribution in [3.63, 3.8) is 0 Å². The Bertz CT molecular complexity index is 1150. The second-order valence-corrected chi connectivity index (χ2v) is 6.74. The third kappa shape index (κ3) is 3.89. The molecule has 2 N–H and O–H groups in total. The van der Waals surface area contributed by atoms with Crippen molar-refractivity contribution in [3.8, 4) is 0 Å². The van der Waals surface area contributed by atoms with Crippen LogP contribution in [-0.4, -0.2) is 22.8 Å². The monoisotopic (exact) mass is 417 g/mol. The number of furan rings is 1. The number of benzene rings is 2. The minimum absolute atomic E-state index is 0.0728. The van der Waals surface area contributed by atoms with E-state index >= 15 is 0 Å². The number of amides is 3. The van der Waals surface area contributed by atoms with Gasteiger partial charge in [-0.15, -0.1) is 0 Å². The van der Waals surface area contributed by atoms with Crippen LogP contribution in [0, 0.1) is 0 Å². The number of imide groups is 1. The van der Waals surface area contributed by atoms with Gasteiger partial charge in [0.1, 0.15) is 5.76 Å². The Labute approximate surface area is 177 Å². The van der Waals surface area contributed by atoms with E-state index in [9.17, 15) is 14.4 Å². The molecule has 8 heteroatoms. The average Bonchev–Trinajstić information content (AvgIpc) is 3.34. The van der Waals surface area contributed by atoms with Gasteiger partial charge in [-0.25, -0.2) is 4.90 Å². The normalized spacial score (nSPS) is 12.9. The van der Waals surface area contributed by atoms with Gasteiger partial charge < -0.3 is 9.73 Å². The Balaban J connectivity index is 1.44. The lowest BCUT2D eigenvalue weighted by Gasteiger charge is -2.16. The number of hydrogen-bond donors (Lipinski definition) is 2. The van der Waals surface area contributed by atoms with Gasteiger partial charge in [-0.05, 0) is 60.8 Å². The number of nitrogens with zero attached hydrogens (tertiary/aromatic N) is 1. The second-order valence-electron chi connectivity index (χ2n) is 6.33. The molecule has 0 atom stereocenters. The topological polar surface area (TPSA) is 91.7 Å². The molecular weight excluding hydrogens is 402 g/mol. The quantitative estimate of drug-likeness (QED) is 0.383. The lowest BCUT2D eigenvalue weighted by atomic mass is 10.1. The predicted molar refractivity (Wildman–Crippen MR) is 116 cm³/mol. The second kappa shape index (κ2) is 8.14. The highest BCUT2D eigenvalue weighted by molar-refractivity contribution is 7.80. The molecular formula is C22H15N3O4S. The summed E-state index contributed by atoms with van der Waals surface area (Å²) in [7, 11) is 0. The summed E-state index contributed by atoms with van der Waals surface area (Å²) in [4.78, 5) is 38.4. The molecule has 1 aromatic heterocycles. The van der Waals surface area contributed by atoms with Gasteiger partial charge in [0.25, 0.3) is 11.8 Å². The van der Waals surface area contributed by atoms with Crippen molar-refractivity contribution < 1.29 is 18.8 Å². The van der Waals surface area contributed by atoms with Gasteiger partial charge in [0.2, 0.25) is 5.91 Å². The molecule has 0 radical (unpaired) electrons. The number of fused-ring (bicyclic) bond motifs is 1. The number of thiocarbonyl (C=S) groups is 1. The van der Waals surface area contributed by atoms with Crippen LogP contribution in [0.4, 0.5) is 11.4 Å². The molecule has 0 unspecified atom stereocenters. The highest BCUT2D eigenvalue weighted by Crippen LogP contribution is 2.29. The lowest BCUT2D eigenvalue weighted by molar-refractivity contribution is -0.115. The molecule has 30 heavy (non-hydrogen) atoms. The Morgan fingerprint density at radius 1 is 0.967 bits per heavy atom. The standard InChI is InChI=1S/C22H15N3O4S/c26-19(11-10-16-7-4-12-29-16)24-22(30)23-14-5-3-6-15(13-14)25-20(27)17-8-1-2-9-18(17)21(25)28/h1-13H,(H2,23,24,26,30). The van der Waals surface area contributed by atoms with E-state index in [2.05, 4.69) is 10.6 Å². The maximum Gasteiger partial charge on any atom is 0.266 e. The number of carbonyl (C=O) groups excluding carboxylic acids is 3. The van der Waals surface area contributed by atoms with Crippen LogP contribution in [0.5, 0.6) is 0 Å². The summed E-state index contributed by atoms with van der Waals surface area (Å²) in [5.74, 6) is -0.656. The van der Waals surface area contributed by atoms with Crippen molar-refractivity contribution in [2.45, 2.75) is 0 Å². The molecule has 0 fully saturated rings. The van der Waals surface area contributed by atoms with Crippen LogP contribution in [0.1, 0.15) is 26.5 Å². The minimum Gasteiger partial charge on any atom is -0.465 e. The summed E-state index contributed by atoms with van der Waals surface area (Å²) in [6.07, 6.45) is 4.31. The number of rotatable bonds is 4.